The molecule has 1 aliphatic carbocycles. The van der Waals surface area contributed by atoms with Crippen LogP contribution in [-0.2, 0) is 0 Å². The van der Waals surface area contributed by atoms with Gasteiger partial charge >= 0.3 is 0 Å². The van der Waals surface area contributed by atoms with Crippen molar-refractivity contribution in [1.29, 1.82) is 0 Å². The van der Waals surface area contributed by atoms with Crippen molar-refractivity contribution < 1.29 is 46.1 Å². The van der Waals surface area contributed by atoms with Crippen LogP contribution in [0.5, 0.6) is 23.0 Å². The smallest absolute Gasteiger partial charge is 0.254 e. The zero-order chi connectivity index (χ0) is 52.3. The Kier molecular flexibility index (Phi) is 22.1. The van der Waals surface area contributed by atoms with Crippen LogP contribution in [0.15, 0.2) is 83.9 Å². The Morgan fingerprint density at radius 2 is 1.05 bits per heavy atom. The fraction of sp³-hybridized carbons (Fsp3) is 0.492. The van der Waals surface area contributed by atoms with Crippen LogP contribution in [-0.4, -0.2) is 111 Å². The summed E-state index contributed by atoms with van der Waals surface area (Å²) in [6.45, 7) is 18.1. The Labute approximate surface area is 430 Å². The van der Waals surface area contributed by atoms with Gasteiger partial charge in [0.15, 0.2) is 0 Å². The summed E-state index contributed by atoms with van der Waals surface area (Å²) >= 11 is 0. The van der Waals surface area contributed by atoms with E-state index in [1.165, 1.54) is 56.4 Å². The number of hydrogen-bond donors (Lipinski definition) is 1. The van der Waals surface area contributed by atoms with Crippen molar-refractivity contribution in [3.63, 3.8) is 0 Å². The largest absolute Gasteiger partial charge is 0.494 e. The molecule has 396 valence electrons. The van der Waals surface area contributed by atoms with Gasteiger partial charge in [0.2, 0.25) is 0 Å². The summed E-state index contributed by atoms with van der Waals surface area (Å²) in [6.07, 6.45) is 14.1. The van der Waals surface area contributed by atoms with Gasteiger partial charge in [-0.3, -0.25) is 14.5 Å². The molecule has 73 heavy (non-hydrogen) atoms. The van der Waals surface area contributed by atoms with Crippen molar-refractivity contribution >= 4 is 24.0 Å². The number of rotatable bonds is 22. The van der Waals surface area contributed by atoms with E-state index < -0.39 is 23.3 Å². The fourth-order valence-electron chi connectivity index (χ4n) is 10.1. The molecule has 2 atom stereocenters. The summed E-state index contributed by atoms with van der Waals surface area (Å²) in [5.74, 6) is 0.338. The van der Waals surface area contributed by atoms with E-state index in [9.17, 15) is 27.2 Å². The van der Waals surface area contributed by atoms with Crippen LogP contribution < -0.4 is 24.3 Å². The van der Waals surface area contributed by atoms with Crippen molar-refractivity contribution in [2.45, 2.75) is 111 Å². The summed E-state index contributed by atoms with van der Waals surface area (Å²) in [6, 6.07) is 18.1. The van der Waals surface area contributed by atoms with Crippen LogP contribution in [0.2, 0.25) is 0 Å². The van der Waals surface area contributed by atoms with Gasteiger partial charge in [-0.05, 0) is 148 Å². The molecular formula is C59H76F4N4O6. The average molecular weight is 1010 g/mol. The molecule has 2 aliphatic heterocycles. The first-order valence-electron chi connectivity index (χ1n) is 26.4. The number of hydrogen-bond acceptors (Lipinski definition) is 8. The van der Waals surface area contributed by atoms with Gasteiger partial charge in [0, 0.05) is 91.3 Å². The molecule has 14 heteroatoms. The molecule has 4 aromatic carbocycles. The van der Waals surface area contributed by atoms with Crippen LogP contribution in [0.25, 0.3) is 12.2 Å². The molecule has 2 heterocycles. The van der Waals surface area contributed by atoms with Gasteiger partial charge in [-0.1, -0.05) is 42.6 Å². The lowest BCUT2D eigenvalue weighted by molar-refractivity contribution is 0.0708. The number of amides is 2. The quantitative estimate of drug-likeness (QED) is 0.0779. The maximum Gasteiger partial charge on any atom is 0.254 e. The van der Waals surface area contributed by atoms with E-state index in [1.807, 2.05) is 46.4 Å². The number of halogens is 4. The lowest BCUT2D eigenvalue weighted by Gasteiger charge is -2.34. The predicted molar refractivity (Wildman–Crippen MR) is 282 cm³/mol. The van der Waals surface area contributed by atoms with Crippen molar-refractivity contribution in [1.82, 2.24) is 20.0 Å². The number of benzene rings is 4. The van der Waals surface area contributed by atoms with Gasteiger partial charge in [-0.25, -0.2) is 17.6 Å². The second-order valence-corrected chi connectivity index (χ2v) is 19.4. The molecule has 2 amide bonds. The molecule has 0 bridgehead atoms. The molecule has 7 rings (SSSR count). The van der Waals surface area contributed by atoms with E-state index in [-0.39, 0.29) is 29.5 Å². The second kappa shape index (κ2) is 28.6. The van der Waals surface area contributed by atoms with Gasteiger partial charge in [-0.2, -0.15) is 0 Å². The van der Waals surface area contributed by atoms with Crippen molar-refractivity contribution in [3.05, 3.63) is 129 Å². The molecule has 3 aliphatic rings. The first-order valence-corrected chi connectivity index (χ1v) is 26.4. The number of carbonyl (C=O) groups is 2. The molecule has 2 unspecified atom stereocenters. The second-order valence-electron chi connectivity index (χ2n) is 19.4. The SMILES string of the molecule is CCOc1cc(OCC)cc(C(=O)N(C/C(C)=C/c2ccc(F)cc2F)CC2CCCN2)c1.CCOc1cc(OCC)cc(C(=O)N(C/C(C)=C/c2ccc(F)cc2F)CC2CCCN2CC2CCCCC2)c1. The number of nitrogens with zero attached hydrogens (tertiary/aromatic N) is 3. The number of likely N-dealkylation sites (tertiary alicyclic amines) is 1. The average Bonchev–Trinajstić information content (AvgIpc) is 4.05. The fourth-order valence-corrected chi connectivity index (χ4v) is 10.1. The zero-order valence-corrected chi connectivity index (χ0v) is 43.8. The molecule has 1 N–H and O–H groups in total. The van der Waals surface area contributed by atoms with Gasteiger partial charge in [0.1, 0.15) is 46.3 Å². The molecule has 3 fully saturated rings. The minimum atomic E-state index is -0.629. The highest BCUT2D eigenvalue weighted by atomic mass is 19.1. The highest BCUT2D eigenvalue weighted by Crippen LogP contribution is 2.31. The summed E-state index contributed by atoms with van der Waals surface area (Å²) < 4.78 is 78.0. The first-order chi connectivity index (χ1) is 35.2. The molecule has 1 saturated carbocycles. The molecular weight excluding hydrogens is 937 g/mol. The normalized spacial score (nSPS) is 17.5. The minimum Gasteiger partial charge on any atom is -0.494 e. The third-order valence-electron chi connectivity index (χ3n) is 13.4. The van der Waals surface area contributed by atoms with Gasteiger partial charge in [0.25, 0.3) is 11.8 Å². The third kappa shape index (κ3) is 17.4. The Hall–Kier alpha value is -5.86. The van der Waals surface area contributed by atoms with E-state index in [2.05, 4.69) is 10.2 Å². The number of carbonyl (C=O) groups excluding carboxylic acids is 2. The molecule has 0 spiro atoms. The Morgan fingerprint density at radius 1 is 0.589 bits per heavy atom. The van der Waals surface area contributed by atoms with Crippen molar-refractivity contribution in [2.24, 2.45) is 5.92 Å². The molecule has 10 nitrogen and oxygen atoms in total. The standard InChI is InChI=1S/C33H44F2N2O3.C26H32F2N2O3/c1-4-39-30-17-27(18-31(20-30)40-5-2)33(38)37(21-24(3)16-26-13-14-28(34)19-32(26)35)23-29-12-9-15-36(29)22-25-10-7-6-8-11-25;1-4-32-23-12-20(13-24(15-23)33-5-2)26(31)30(17-22-7-6-10-29-22)16-18(3)11-19-8-9-21(27)14-25(19)28/h13-14,16-20,25,29H,4-12,15,21-23H2,1-3H3;8-9,11-15,22,29H,4-7,10,16-17H2,1-3H3/b24-16+;18-11+. The highest BCUT2D eigenvalue weighted by molar-refractivity contribution is 5.96. The Bertz CT molecular complexity index is 2440. The topological polar surface area (TPSA) is 92.8 Å². The van der Waals surface area contributed by atoms with E-state index in [1.54, 1.807) is 53.5 Å². The molecule has 0 radical (unpaired) electrons. The van der Waals surface area contributed by atoms with Crippen LogP contribution >= 0.6 is 0 Å². The van der Waals surface area contributed by atoms with Crippen LogP contribution in [0.1, 0.15) is 131 Å². The lowest BCUT2D eigenvalue weighted by atomic mass is 9.89. The number of ether oxygens (including phenoxy) is 4. The molecule has 0 aromatic heterocycles. The summed E-state index contributed by atoms with van der Waals surface area (Å²) in [4.78, 5) is 33.9. The molecule has 4 aromatic rings. The van der Waals surface area contributed by atoms with Crippen molar-refractivity contribution in [2.75, 3.05) is 72.2 Å². The van der Waals surface area contributed by atoms with Gasteiger partial charge in [0.05, 0.1) is 26.4 Å². The third-order valence-corrected chi connectivity index (χ3v) is 13.4. The summed E-state index contributed by atoms with van der Waals surface area (Å²) in [7, 11) is 0. The van der Waals surface area contributed by atoms with E-state index in [0.29, 0.717) is 92.3 Å². The van der Waals surface area contributed by atoms with E-state index in [0.717, 1.165) is 74.5 Å². The first kappa shape index (κ1) is 56.4. The lowest BCUT2D eigenvalue weighted by Crippen LogP contribution is -2.45. The van der Waals surface area contributed by atoms with Gasteiger partial charge in [-0.15, -0.1) is 0 Å². The Balaban J connectivity index is 0.000000243. The summed E-state index contributed by atoms with van der Waals surface area (Å²) in [5.41, 5.74) is 3.19. The maximum atomic E-state index is 14.4. The molecule has 2 saturated heterocycles. The van der Waals surface area contributed by atoms with Crippen LogP contribution in [0, 0.1) is 29.2 Å². The minimum absolute atomic E-state index is 0.112. The van der Waals surface area contributed by atoms with Crippen LogP contribution in [0.4, 0.5) is 17.6 Å². The van der Waals surface area contributed by atoms with E-state index >= 15 is 0 Å². The predicted octanol–water partition coefficient (Wildman–Crippen LogP) is 12.4. The summed E-state index contributed by atoms with van der Waals surface area (Å²) in [5, 5.41) is 3.43. The Morgan fingerprint density at radius 3 is 1.48 bits per heavy atom. The monoisotopic (exact) mass is 1010 g/mol. The van der Waals surface area contributed by atoms with E-state index in [4.69, 9.17) is 18.9 Å². The number of nitrogens with one attached hydrogen (secondary N) is 1. The van der Waals surface area contributed by atoms with Crippen LogP contribution in [0.3, 0.4) is 0 Å². The highest BCUT2D eigenvalue weighted by Gasteiger charge is 2.31. The van der Waals surface area contributed by atoms with Crippen molar-refractivity contribution in [3.8, 4) is 23.0 Å². The van der Waals surface area contributed by atoms with Gasteiger partial charge < -0.3 is 34.1 Å². The maximum absolute atomic E-state index is 14.4. The zero-order valence-electron chi connectivity index (χ0n) is 43.8.